The maximum Gasteiger partial charge on any atom is 0.320 e. The Labute approximate surface area is 199 Å². The average molecular weight is 467 g/mol. The number of aromatic nitrogens is 1. The number of carbonyl (C=O) groups excluding carboxylic acids is 1. The number of amides is 2. The van der Waals surface area contributed by atoms with Crippen molar-refractivity contribution in [3.8, 4) is 5.69 Å². The third-order valence-corrected chi connectivity index (χ3v) is 7.37. The van der Waals surface area contributed by atoms with E-state index in [1.165, 1.54) is 18.2 Å². The van der Waals surface area contributed by atoms with E-state index < -0.39 is 0 Å². The molecule has 3 aromatic rings. The highest BCUT2D eigenvalue weighted by Gasteiger charge is 2.31. The van der Waals surface area contributed by atoms with Crippen molar-refractivity contribution in [1.29, 1.82) is 0 Å². The molecule has 2 aliphatic rings. The first-order valence-corrected chi connectivity index (χ1v) is 12.2. The Hall–Kier alpha value is -2.93. The van der Waals surface area contributed by atoms with Gasteiger partial charge in [-0.05, 0) is 93.7 Å². The molecule has 2 saturated heterocycles. The Bertz CT molecular complexity index is 1170. The maximum absolute atomic E-state index is 14.2. The third-order valence-electron chi connectivity index (χ3n) is 7.37. The van der Waals surface area contributed by atoms with E-state index in [0.717, 1.165) is 74.3 Å². The average Bonchev–Trinajstić information content (AvgIpc) is 3.39. The van der Waals surface area contributed by atoms with Crippen LogP contribution in [0.1, 0.15) is 38.2 Å². The predicted molar refractivity (Wildman–Crippen MR) is 130 cm³/mol. The Morgan fingerprint density at radius 1 is 0.912 bits per heavy atom. The van der Waals surface area contributed by atoms with Gasteiger partial charge in [0, 0.05) is 49.5 Å². The van der Waals surface area contributed by atoms with Crippen molar-refractivity contribution in [3.05, 3.63) is 65.9 Å². The minimum Gasteiger partial charge on any atom is -0.322 e. The lowest BCUT2D eigenvalue weighted by atomic mass is 9.89. The van der Waals surface area contributed by atoms with Gasteiger partial charge in [0.2, 0.25) is 0 Å². The van der Waals surface area contributed by atoms with Crippen molar-refractivity contribution < 1.29 is 13.6 Å². The van der Waals surface area contributed by atoms with Crippen LogP contribution in [0.25, 0.3) is 16.6 Å². The highest BCUT2D eigenvalue weighted by Crippen LogP contribution is 2.36. The SMILES string of the molecule is CC(C)N1CCN(CCN2CCC(c3cn(-c4ccc(F)cc4)c4ccc(F)cc34)CC2)C1=O. The van der Waals surface area contributed by atoms with E-state index in [9.17, 15) is 13.6 Å². The normalized spacial score (nSPS) is 18.1. The van der Waals surface area contributed by atoms with Crippen LogP contribution in [0.2, 0.25) is 0 Å². The minimum atomic E-state index is -0.272. The number of benzene rings is 2. The number of fused-ring (bicyclic) bond motifs is 1. The van der Waals surface area contributed by atoms with Crippen molar-refractivity contribution >= 4 is 16.9 Å². The van der Waals surface area contributed by atoms with Gasteiger partial charge >= 0.3 is 6.03 Å². The van der Waals surface area contributed by atoms with Crippen LogP contribution < -0.4 is 0 Å². The molecule has 2 amide bonds. The van der Waals surface area contributed by atoms with Crippen molar-refractivity contribution in [3.63, 3.8) is 0 Å². The first-order valence-electron chi connectivity index (χ1n) is 12.2. The monoisotopic (exact) mass is 466 g/mol. The second-order valence-electron chi connectivity index (χ2n) is 9.77. The molecule has 3 heterocycles. The summed E-state index contributed by atoms with van der Waals surface area (Å²) in [7, 11) is 0. The molecule has 5 nitrogen and oxygen atoms in total. The topological polar surface area (TPSA) is 31.7 Å². The van der Waals surface area contributed by atoms with Crippen LogP contribution in [0.4, 0.5) is 13.6 Å². The van der Waals surface area contributed by atoms with E-state index in [1.54, 1.807) is 24.3 Å². The van der Waals surface area contributed by atoms with Gasteiger partial charge in [0.05, 0.1) is 5.52 Å². The van der Waals surface area contributed by atoms with Crippen molar-refractivity contribution in [1.82, 2.24) is 19.3 Å². The highest BCUT2D eigenvalue weighted by molar-refractivity contribution is 5.86. The Balaban J connectivity index is 1.27. The molecule has 0 aliphatic carbocycles. The number of halogens is 2. The third kappa shape index (κ3) is 4.41. The minimum absolute atomic E-state index is 0.153. The molecule has 180 valence electrons. The second-order valence-corrected chi connectivity index (χ2v) is 9.77. The quantitative estimate of drug-likeness (QED) is 0.498. The van der Waals surface area contributed by atoms with Gasteiger partial charge < -0.3 is 19.3 Å². The maximum atomic E-state index is 14.2. The van der Waals surface area contributed by atoms with Gasteiger partial charge in [0.25, 0.3) is 0 Å². The van der Waals surface area contributed by atoms with Crippen LogP contribution in [-0.4, -0.2) is 70.6 Å². The summed E-state index contributed by atoms with van der Waals surface area (Å²) in [5.74, 6) is -0.174. The van der Waals surface area contributed by atoms with Crippen LogP contribution >= 0.6 is 0 Å². The van der Waals surface area contributed by atoms with Gasteiger partial charge in [-0.3, -0.25) is 0 Å². The molecule has 0 saturated carbocycles. The van der Waals surface area contributed by atoms with Crippen molar-refractivity contribution in [2.45, 2.75) is 38.6 Å². The zero-order valence-corrected chi connectivity index (χ0v) is 19.9. The van der Waals surface area contributed by atoms with Crippen LogP contribution in [0.15, 0.2) is 48.7 Å². The number of hydrogen-bond donors (Lipinski definition) is 0. The lowest BCUT2D eigenvalue weighted by Crippen LogP contribution is -2.41. The summed E-state index contributed by atoms with van der Waals surface area (Å²) in [5, 5.41) is 0.930. The first kappa shape index (κ1) is 22.8. The molecule has 1 aromatic heterocycles. The van der Waals surface area contributed by atoms with E-state index in [4.69, 9.17) is 0 Å². The zero-order chi connectivity index (χ0) is 23.8. The molecule has 5 rings (SSSR count). The van der Waals surface area contributed by atoms with Crippen LogP contribution in [-0.2, 0) is 0 Å². The smallest absolute Gasteiger partial charge is 0.320 e. The fourth-order valence-electron chi connectivity index (χ4n) is 5.39. The number of rotatable bonds is 6. The molecule has 0 spiro atoms. The standard InChI is InChI=1S/C27H32F2N4O/c1-19(2)32-16-15-31(27(32)34)14-13-30-11-9-20(10-12-30)25-18-33(23-6-3-21(28)4-7-23)26-8-5-22(29)17-24(25)26/h3-8,17-20H,9-16H2,1-2H3. The molecule has 0 radical (unpaired) electrons. The molecule has 0 N–H and O–H groups in total. The number of urea groups is 1. The summed E-state index contributed by atoms with van der Waals surface area (Å²) in [5.41, 5.74) is 2.96. The van der Waals surface area contributed by atoms with Gasteiger partial charge in [-0.15, -0.1) is 0 Å². The highest BCUT2D eigenvalue weighted by atomic mass is 19.1. The number of likely N-dealkylation sites (tertiary alicyclic amines) is 1. The number of piperidine rings is 1. The van der Waals surface area contributed by atoms with E-state index in [-0.39, 0.29) is 23.7 Å². The molecule has 34 heavy (non-hydrogen) atoms. The van der Waals surface area contributed by atoms with Gasteiger partial charge in [0.1, 0.15) is 11.6 Å². The van der Waals surface area contributed by atoms with Crippen LogP contribution in [0, 0.1) is 11.6 Å². The summed E-state index contributed by atoms with van der Waals surface area (Å²) >= 11 is 0. The number of hydrogen-bond acceptors (Lipinski definition) is 2. The molecule has 0 bridgehead atoms. The lowest BCUT2D eigenvalue weighted by molar-refractivity contribution is 0.166. The molecular formula is C27H32F2N4O. The largest absolute Gasteiger partial charge is 0.322 e. The van der Waals surface area contributed by atoms with E-state index >= 15 is 0 Å². The van der Waals surface area contributed by atoms with Crippen molar-refractivity contribution in [2.75, 3.05) is 39.3 Å². The Kier molecular flexibility index (Phi) is 6.30. The summed E-state index contributed by atoms with van der Waals surface area (Å²) in [4.78, 5) is 18.9. The first-order chi connectivity index (χ1) is 16.4. The van der Waals surface area contributed by atoms with Crippen LogP contribution in [0.5, 0.6) is 0 Å². The van der Waals surface area contributed by atoms with Gasteiger partial charge in [-0.25, -0.2) is 13.6 Å². The summed E-state index contributed by atoms with van der Waals surface area (Å²) in [6.45, 7) is 9.31. The Morgan fingerprint density at radius 3 is 2.29 bits per heavy atom. The van der Waals surface area contributed by atoms with E-state index in [1.807, 2.05) is 14.4 Å². The predicted octanol–water partition coefficient (Wildman–Crippen LogP) is 5.23. The molecular weight excluding hydrogens is 434 g/mol. The van der Waals surface area contributed by atoms with Crippen molar-refractivity contribution in [2.24, 2.45) is 0 Å². The van der Waals surface area contributed by atoms with E-state index in [0.29, 0.717) is 5.92 Å². The Morgan fingerprint density at radius 2 is 1.62 bits per heavy atom. The molecule has 2 aromatic carbocycles. The van der Waals surface area contributed by atoms with Crippen LogP contribution in [0.3, 0.4) is 0 Å². The molecule has 0 unspecified atom stereocenters. The molecule has 2 fully saturated rings. The summed E-state index contributed by atoms with van der Waals surface area (Å²) in [6.07, 6.45) is 4.08. The van der Waals surface area contributed by atoms with Gasteiger partial charge in [-0.1, -0.05) is 0 Å². The summed E-state index contributed by atoms with van der Waals surface area (Å²) in [6, 6.07) is 11.7. The fraction of sp³-hybridized carbons (Fsp3) is 0.444. The number of carbonyl (C=O) groups is 1. The molecule has 2 aliphatic heterocycles. The summed E-state index contributed by atoms with van der Waals surface area (Å²) < 4.78 is 29.7. The van der Waals surface area contributed by atoms with Gasteiger partial charge in [-0.2, -0.15) is 0 Å². The van der Waals surface area contributed by atoms with Gasteiger partial charge in [0.15, 0.2) is 0 Å². The number of nitrogens with zero attached hydrogens (tertiary/aromatic N) is 4. The zero-order valence-electron chi connectivity index (χ0n) is 19.9. The molecule has 0 atom stereocenters. The fourth-order valence-corrected chi connectivity index (χ4v) is 5.39. The molecule has 7 heteroatoms. The lowest BCUT2D eigenvalue weighted by Gasteiger charge is -2.33. The second kappa shape index (κ2) is 9.37. The van der Waals surface area contributed by atoms with E-state index in [2.05, 4.69) is 24.9 Å².